The molecule has 6 atom stereocenters. The fourth-order valence-electron chi connectivity index (χ4n) is 7.88. The van der Waals surface area contributed by atoms with Gasteiger partial charge in [0.15, 0.2) is 8.32 Å². The molecular formula is C49H70O8Si2. The first-order valence-electron chi connectivity index (χ1n) is 21.3. The lowest BCUT2D eigenvalue weighted by atomic mass is 9.90. The number of hydrogen-bond acceptors (Lipinski definition) is 8. The van der Waals surface area contributed by atoms with Crippen molar-refractivity contribution in [3.8, 4) is 5.75 Å². The molecule has 1 aliphatic rings. The van der Waals surface area contributed by atoms with Crippen LogP contribution in [0.4, 0.5) is 0 Å². The zero-order valence-corrected chi connectivity index (χ0v) is 38.9. The summed E-state index contributed by atoms with van der Waals surface area (Å²) in [4.78, 5) is 0. The lowest BCUT2D eigenvalue weighted by Gasteiger charge is -2.43. The molecule has 4 aromatic rings. The minimum atomic E-state index is -2.82. The monoisotopic (exact) mass is 842 g/mol. The normalized spacial score (nSPS) is 19.3. The van der Waals surface area contributed by atoms with E-state index < -0.39 is 34.8 Å². The SMILES string of the molecule is COc1ccc(COCC[C@H](O)[C@@H](O)[C@H](COCc2ccccc2)C[C@H]2O[C@H](CO[Si](c3ccccc3)(c3ccccc3)C(C)(C)C)C[C@H]2O[Si](C)(C)C(C)(C)C)cc1. The van der Waals surface area contributed by atoms with Crippen LogP contribution in [0.15, 0.2) is 115 Å². The molecule has 59 heavy (non-hydrogen) atoms. The van der Waals surface area contributed by atoms with Gasteiger partial charge in [0.1, 0.15) is 5.75 Å². The summed E-state index contributed by atoms with van der Waals surface area (Å²) in [5.74, 6) is 0.358. The largest absolute Gasteiger partial charge is 0.497 e. The van der Waals surface area contributed by atoms with Gasteiger partial charge in [0.05, 0.1) is 64.1 Å². The molecule has 322 valence electrons. The Morgan fingerprint density at radius 3 is 1.80 bits per heavy atom. The summed E-state index contributed by atoms with van der Waals surface area (Å²) in [6.45, 7) is 19.9. The average molecular weight is 843 g/mol. The van der Waals surface area contributed by atoms with Gasteiger partial charge in [-0.25, -0.2) is 0 Å². The fraction of sp³-hybridized carbons (Fsp3) is 0.510. The van der Waals surface area contributed by atoms with Crippen molar-refractivity contribution in [2.75, 3.05) is 26.9 Å². The van der Waals surface area contributed by atoms with E-state index in [4.69, 9.17) is 27.8 Å². The van der Waals surface area contributed by atoms with E-state index in [1.807, 2.05) is 54.6 Å². The number of aliphatic hydroxyl groups is 2. The first kappa shape index (κ1) is 46.9. The Morgan fingerprint density at radius 1 is 0.712 bits per heavy atom. The molecule has 0 bridgehead atoms. The van der Waals surface area contributed by atoms with Crippen LogP contribution in [0.2, 0.25) is 23.2 Å². The highest BCUT2D eigenvalue weighted by Crippen LogP contribution is 2.42. The fourth-order valence-corrected chi connectivity index (χ4v) is 13.8. The number of rotatable bonds is 21. The van der Waals surface area contributed by atoms with E-state index in [1.54, 1.807) is 7.11 Å². The van der Waals surface area contributed by atoms with Gasteiger partial charge in [-0.3, -0.25) is 0 Å². The van der Waals surface area contributed by atoms with E-state index >= 15 is 0 Å². The summed E-state index contributed by atoms with van der Waals surface area (Å²) in [7, 11) is -3.42. The Kier molecular flexibility index (Phi) is 16.8. The van der Waals surface area contributed by atoms with Crippen LogP contribution < -0.4 is 15.1 Å². The van der Waals surface area contributed by atoms with Gasteiger partial charge in [0, 0.05) is 18.9 Å². The van der Waals surface area contributed by atoms with Gasteiger partial charge in [-0.05, 0) is 69.6 Å². The molecule has 0 amide bonds. The van der Waals surface area contributed by atoms with Crippen LogP contribution in [-0.2, 0) is 36.3 Å². The van der Waals surface area contributed by atoms with Crippen molar-refractivity contribution in [2.45, 2.75) is 128 Å². The van der Waals surface area contributed by atoms with Crippen LogP contribution in [0, 0.1) is 5.92 Å². The number of methoxy groups -OCH3 is 1. The molecule has 0 aliphatic carbocycles. The zero-order chi connectivity index (χ0) is 42.7. The second kappa shape index (κ2) is 21.1. The van der Waals surface area contributed by atoms with E-state index in [-0.39, 0.29) is 41.4 Å². The van der Waals surface area contributed by atoms with Crippen LogP contribution in [0.3, 0.4) is 0 Å². The van der Waals surface area contributed by atoms with Crippen LogP contribution in [-0.4, -0.2) is 84.3 Å². The van der Waals surface area contributed by atoms with Gasteiger partial charge in [0.2, 0.25) is 0 Å². The molecule has 0 aromatic heterocycles. The van der Waals surface area contributed by atoms with Gasteiger partial charge in [-0.15, -0.1) is 0 Å². The Balaban J connectivity index is 1.36. The molecule has 0 radical (unpaired) electrons. The predicted octanol–water partition coefficient (Wildman–Crippen LogP) is 8.67. The summed E-state index contributed by atoms with van der Waals surface area (Å²) in [6.07, 6.45) is -1.47. The molecule has 2 N–H and O–H groups in total. The second-order valence-electron chi connectivity index (χ2n) is 18.7. The third-order valence-electron chi connectivity index (χ3n) is 12.3. The minimum absolute atomic E-state index is 0.0131. The lowest BCUT2D eigenvalue weighted by Crippen LogP contribution is -2.67. The quantitative estimate of drug-likeness (QED) is 0.0636. The van der Waals surface area contributed by atoms with Gasteiger partial charge < -0.3 is 38.0 Å². The first-order chi connectivity index (χ1) is 28.0. The molecular weight excluding hydrogens is 773 g/mol. The standard InChI is InChI=1S/C49H70O8Si2/c1-48(2,3)58(8,9)57-46-32-41(36-55-59(49(4,5)6,42-21-15-11-16-22-42)43-23-17-12-18-24-43)56-45(46)31-39(35-54-34-37-19-13-10-14-20-37)47(51)44(50)29-30-53-33-38-25-27-40(52-7)28-26-38/h10-28,39,41,44-47,50-51H,29-36H2,1-9H3/t39-,41-,44-,45+,46+,47-/m0/s1. The summed E-state index contributed by atoms with van der Waals surface area (Å²) in [5, 5.41) is 25.6. The van der Waals surface area contributed by atoms with E-state index in [1.165, 1.54) is 10.4 Å². The van der Waals surface area contributed by atoms with Crippen molar-refractivity contribution in [1.29, 1.82) is 0 Å². The molecule has 8 nitrogen and oxygen atoms in total. The third kappa shape index (κ3) is 12.5. The summed E-state index contributed by atoms with van der Waals surface area (Å²) in [6, 6.07) is 39.1. The molecule has 0 unspecified atom stereocenters. The Morgan fingerprint density at radius 2 is 1.25 bits per heavy atom. The van der Waals surface area contributed by atoms with Gasteiger partial charge in [-0.1, -0.05) is 145 Å². The smallest absolute Gasteiger partial charge is 0.261 e. The van der Waals surface area contributed by atoms with Crippen molar-refractivity contribution >= 4 is 27.0 Å². The molecule has 1 fully saturated rings. The van der Waals surface area contributed by atoms with Crippen LogP contribution >= 0.6 is 0 Å². The van der Waals surface area contributed by atoms with Gasteiger partial charge in [0.25, 0.3) is 8.32 Å². The Bertz CT molecular complexity index is 1760. The number of ether oxygens (including phenoxy) is 4. The highest BCUT2D eigenvalue weighted by Gasteiger charge is 2.52. The number of hydrogen-bond donors (Lipinski definition) is 2. The zero-order valence-electron chi connectivity index (χ0n) is 36.9. The van der Waals surface area contributed by atoms with Gasteiger partial charge >= 0.3 is 0 Å². The molecule has 10 heteroatoms. The van der Waals surface area contributed by atoms with E-state index in [9.17, 15) is 10.2 Å². The second-order valence-corrected chi connectivity index (χ2v) is 27.7. The first-order valence-corrected chi connectivity index (χ1v) is 26.1. The maximum absolute atomic E-state index is 11.9. The van der Waals surface area contributed by atoms with Crippen LogP contribution in [0.25, 0.3) is 0 Å². The number of benzene rings is 4. The van der Waals surface area contributed by atoms with Crippen molar-refractivity contribution in [1.82, 2.24) is 0 Å². The van der Waals surface area contributed by atoms with E-state index in [2.05, 4.69) is 115 Å². The third-order valence-corrected chi connectivity index (χ3v) is 21.8. The van der Waals surface area contributed by atoms with Crippen molar-refractivity contribution in [3.05, 3.63) is 126 Å². The van der Waals surface area contributed by atoms with Crippen LogP contribution in [0.1, 0.15) is 71.9 Å². The van der Waals surface area contributed by atoms with E-state index in [0.29, 0.717) is 39.3 Å². The highest BCUT2D eigenvalue weighted by atomic mass is 28.4. The molecule has 0 saturated carbocycles. The molecule has 4 aromatic carbocycles. The topological polar surface area (TPSA) is 95.8 Å². The lowest BCUT2D eigenvalue weighted by molar-refractivity contribution is -0.0842. The Hall–Kier alpha value is -3.17. The molecule has 1 saturated heterocycles. The van der Waals surface area contributed by atoms with Gasteiger partial charge in [-0.2, -0.15) is 0 Å². The van der Waals surface area contributed by atoms with E-state index in [0.717, 1.165) is 16.9 Å². The summed E-state index contributed by atoms with van der Waals surface area (Å²) in [5.41, 5.74) is 2.05. The highest BCUT2D eigenvalue weighted by molar-refractivity contribution is 6.99. The van der Waals surface area contributed by atoms with Crippen LogP contribution in [0.5, 0.6) is 5.75 Å². The maximum Gasteiger partial charge on any atom is 0.261 e. The molecule has 5 rings (SSSR count). The van der Waals surface area contributed by atoms with Crippen molar-refractivity contribution in [2.24, 2.45) is 5.92 Å². The predicted molar refractivity (Wildman–Crippen MR) is 242 cm³/mol. The molecule has 1 heterocycles. The Labute approximate surface area is 356 Å². The summed E-state index contributed by atoms with van der Waals surface area (Å²) >= 11 is 0. The maximum atomic E-state index is 11.9. The molecule has 1 aliphatic heterocycles. The minimum Gasteiger partial charge on any atom is -0.497 e. The molecule has 0 spiro atoms. The number of aliphatic hydroxyl groups excluding tert-OH is 2. The summed E-state index contributed by atoms with van der Waals surface area (Å²) < 4.78 is 39.1. The van der Waals surface area contributed by atoms with Crippen molar-refractivity contribution in [3.63, 3.8) is 0 Å². The average Bonchev–Trinajstić information content (AvgIpc) is 3.59. The van der Waals surface area contributed by atoms with Crippen molar-refractivity contribution < 1.29 is 38.0 Å².